The molecule has 20 heavy (non-hydrogen) atoms. The molecule has 3 heteroatoms. The van der Waals surface area contributed by atoms with Crippen LogP contribution in [0.1, 0.15) is 41.4 Å². The molecule has 2 aromatic carbocycles. The molecule has 0 heterocycles. The lowest BCUT2D eigenvalue weighted by Gasteiger charge is -2.15. The number of carbonyl (C=O) groups is 1. The van der Waals surface area contributed by atoms with Crippen molar-refractivity contribution in [2.75, 3.05) is 0 Å². The van der Waals surface area contributed by atoms with Gasteiger partial charge in [-0.1, -0.05) is 43.3 Å². The zero-order valence-corrected chi connectivity index (χ0v) is 11.7. The van der Waals surface area contributed by atoms with Gasteiger partial charge in [-0.25, -0.2) is 4.39 Å². The second kappa shape index (κ2) is 6.33. The highest BCUT2D eigenvalue weighted by Gasteiger charge is 2.14. The Morgan fingerprint density at radius 2 is 1.80 bits per heavy atom. The summed E-state index contributed by atoms with van der Waals surface area (Å²) < 4.78 is 13.5. The zero-order chi connectivity index (χ0) is 14.5. The van der Waals surface area contributed by atoms with Crippen LogP contribution in [0.4, 0.5) is 4.39 Å². The molecule has 2 rings (SSSR count). The molecule has 0 saturated carbocycles. The number of benzene rings is 2. The topological polar surface area (TPSA) is 29.1 Å². The van der Waals surface area contributed by atoms with Crippen molar-refractivity contribution in [3.05, 3.63) is 71.0 Å². The Labute approximate surface area is 118 Å². The first kappa shape index (κ1) is 14.3. The standard InChI is InChI=1S/C17H18FNO/c1-3-13-8-10-14(11-9-13)12(2)19-17(20)15-6-4-5-7-16(15)18/h4-12H,3H2,1-2H3,(H,19,20)/t12-/m1/s1. The maximum atomic E-state index is 13.5. The summed E-state index contributed by atoms with van der Waals surface area (Å²) in [5, 5.41) is 2.81. The summed E-state index contributed by atoms with van der Waals surface area (Å²) in [7, 11) is 0. The van der Waals surface area contributed by atoms with Crippen LogP contribution in [0.3, 0.4) is 0 Å². The van der Waals surface area contributed by atoms with Crippen LogP contribution in [-0.2, 0) is 6.42 Å². The second-order valence-electron chi connectivity index (χ2n) is 4.77. The third-order valence-electron chi connectivity index (χ3n) is 3.35. The number of hydrogen-bond acceptors (Lipinski definition) is 1. The van der Waals surface area contributed by atoms with Gasteiger partial charge in [0.1, 0.15) is 5.82 Å². The summed E-state index contributed by atoms with van der Waals surface area (Å²) in [5.74, 6) is -0.895. The van der Waals surface area contributed by atoms with Crippen LogP contribution in [0.5, 0.6) is 0 Å². The molecular formula is C17H18FNO. The van der Waals surface area contributed by atoms with Gasteiger partial charge in [0.05, 0.1) is 11.6 Å². The van der Waals surface area contributed by atoms with Gasteiger partial charge in [0, 0.05) is 0 Å². The van der Waals surface area contributed by atoms with Crippen molar-refractivity contribution in [3.8, 4) is 0 Å². The lowest BCUT2D eigenvalue weighted by Crippen LogP contribution is -2.27. The molecule has 2 nitrogen and oxygen atoms in total. The van der Waals surface area contributed by atoms with Crippen LogP contribution in [-0.4, -0.2) is 5.91 Å². The lowest BCUT2D eigenvalue weighted by molar-refractivity contribution is 0.0936. The van der Waals surface area contributed by atoms with Crippen molar-refractivity contribution in [1.82, 2.24) is 5.32 Å². The van der Waals surface area contributed by atoms with Gasteiger partial charge >= 0.3 is 0 Å². The molecule has 0 spiro atoms. The van der Waals surface area contributed by atoms with E-state index in [2.05, 4.69) is 12.2 Å². The summed E-state index contributed by atoms with van der Waals surface area (Å²) >= 11 is 0. The number of amides is 1. The van der Waals surface area contributed by atoms with Crippen molar-refractivity contribution < 1.29 is 9.18 Å². The second-order valence-corrected chi connectivity index (χ2v) is 4.77. The number of rotatable bonds is 4. The van der Waals surface area contributed by atoms with E-state index in [-0.39, 0.29) is 11.6 Å². The number of aryl methyl sites for hydroxylation is 1. The third-order valence-corrected chi connectivity index (χ3v) is 3.35. The minimum absolute atomic E-state index is 0.0736. The predicted octanol–water partition coefficient (Wildman–Crippen LogP) is 3.88. The van der Waals surface area contributed by atoms with E-state index in [4.69, 9.17) is 0 Å². The van der Waals surface area contributed by atoms with Crippen molar-refractivity contribution in [1.29, 1.82) is 0 Å². The molecule has 104 valence electrons. The molecule has 2 aromatic rings. The number of carbonyl (C=O) groups excluding carboxylic acids is 1. The summed E-state index contributed by atoms with van der Waals surface area (Å²) in [6, 6.07) is 13.9. The molecule has 0 aliphatic heterocycles. The molecule has 1 atom stereocenters. The Balaban J connectivity index is 2.09. The fourth-order valence-corrected chi connectivity index (χ4v) is 2.05. The molecule has 0 saturated heterocycles. The first-order chi connectivity index (χ1) is 9.61. The SMILES string of the molecule is CCc1ccc([C@@H](C)NC(=O)c2ccccc2F)cc1. The van der Waals surface area contributed by atoms with Gasteiger partial charge in [0.15, 0.2) is 0 Å². The lowest BCUT2D eigenvalue weighted by atomic mass is 10.0. The minimum atomic E-state index is -0.501. The molecule has 0 bridgehead atoms. The molecular weight excluding hydrogens is 253 g/mol. The first-order valence-electron chi connectivity index (χ1n) is 6.76. The van der Waals surface area contributed by atoms with Crippen LogP contribution >= 0.6 is 0 Å². The number of halogens is 1. The summed E-state index contributed by atoms with van der Waals surface area (Å²) in [5.41, 5.74) is 2.33. The molecule has 1 amide bonds. The Bertz CT molecular complexity index is 592. The van der Waals surface area contributed by atoms with E-state index >= 15 is 0 Å². The minimum Gasteiger partial charge on any atom is -0.345 e. The Morgan fingerprint density at radius 1 is 1.15 bits per heavy atom. The highest BCUT2D eigenvalue weighted by Crippen LogP contribution is 2.15. The van der Waals surface area contributed by atoms with Crippen LogP contribution in [0, 0.1) is 5.82 Å². The van der Waals surface area contributed by atoms with E-state index in [0.717, 1.165) is 12.0 Å². The zero-order valence-electron chi connectivity index (χ0n) is 11.7. The van der Waals surface area contributed by atoms with Crippen LogP contribution < -0.4 is 5.32 Å². The molecule has 0 aliphatic carbocycles. The highest BCUT2D eigenvalue weighted by atomic mass is 19.1. The van der Waals surface area contributed by atoms with Crippen molar-refractivity contribution in [2.45, 2.75) is 26.3 Å². The Kier molecular flexibility index (Phi) is 4.51. The highest BCUT2D eigenvalue weighted by molar-refractivity contribution is 5.94. The maximum Gasteiger partial charge on any atom is 0.254 e. The van der Waals surface area contributed by atoms with Crippen LogP contribution in [0.25, 0.3) is 0 Å². The first-order valence-corrected chi connectivity index (χ1v) is 6.76. The van der Waals surface area contributed by atoms with E-state index in [1.165, 1.54) is 17.7 Å². The van der Waals surface area contributed by atoms with Crippen LogP contribution in [0.15, 0.2) is 48.5 Å². The number of nitrogens with one attached hydrogen (secondary N) is 1. The predicted molar refractivity (Wildman–Crippen MR) is 78.1 cm³/mol. The Hall–Kier alpha value is -2.16. The van der Waals surface area contributed by atoms with E-state index in [1.54, 1.807) is 12.1 Å². The van der Waals surface area contributed by atoms with E-state index < -0.39 is 11.7 Å². The quantitative estimate of drug-likeness (QED) is 0.898. The average Bonchev–Trinajstić information content (AvgIpc) is 2.47. The molecule has 0 aromatic heterocycles. The van der Waals surface area contributed by atoms with Gasteiger partial charge in [-0.05, 0) is 36.6 Å². The van der Waals surface area contributed by atoms with Gasteiger partial charge in [-0.3, -0.25) is 4.79 Å². The van der Waals surface area contributed by atoms with Gasteiger partial charge in [-0.15, -0.1) is 0 Å². The van der Waals surface area contributed by atoms with Gasteiger partial charge in [-0.2, -0.15) is 0 Å². The molecule has 0 fully saturated rings. The molecule has 0 radical (unpaired) electrons. The largest absolute Gasteiger partial charge is 0.345 e. The van der Waals surface area contributed by atoms with Gasteiger partial charge in [0.2, 0.25) is 0 Å². The van der Waals surface area contributed by atoms with E-state index in [1.807, 2.05) is 31.2 Å². The Morgan fingerprint density at radius 3 is 2.40 bits per heavy atom. The fourth-order valence-electron chi connectivity index (χ4n) is 2.05. The van der Waals surface area contributed by atoms with Gasteiger partial charge < -0.3 is 5.32 Å². The van der Waals surface area contributed by atoms with Crippen molar-refractivity contribution in [2.24, 2.45) is 0 Å². The summed E-state index contributed by atoms with van der Waals surface area (Å²) in [6.07, 6.45) is 0.982. The van der Waals surface area contributed by atoms with E-state index in [9.17, 15) is 9.18 Å². The maximum absolute atomic E-state index is 13.5. The monoisotopic (exact) mass is 271 g/mol. The van der Waals surface area contributed by atoms with Gasteiger partial charge in [0.25, 0.3) is 5.91 Å². The molecule has 0 unspecified atom stereocenters. The summed E-state index contributed by atoms with van der Waals surface area (Å²) in [4.78, 5) is 12.0. The smallest absolute Gasteiger partial charge is 0.254 e. The summed E-state index contributed by atoms with van der Waals surface area (Å²) in [6.45, 7) is 3.98. The fraction of sp³-hybridized carbons (Fsp3) is 0.235. The number of hydrogen-bond donors (Lipinski definition) is 1. The average molecular weight is 271 g/mol. The van der Waals surface area contributed by atoms with Crippen molar-refractivity contribution >= 4 is 5.91 Å². The van der Waals surface area contributed by atoms with Crippen molar-refractivity contribution in [3.63, 3.8) is 0 Å². The third kappa shape index (κ3) is 3.23. The molecule has 1 N–H and O–H groups in total. The van der Waals surface area contributed by atoms with Crippen LogP contribution in [0.2, 0.25) is 0 Å². The van der Waals surface area contributed by atoms with E-state index in [0.29, 0.717) is 0 Å². The normalized spacial score (nSPS) is 11.9. The molecule has 0 aliphatic rings.